The zero-order chi connectivity index (χ0) is 14.4. The quantitative estimate of drug-likeness (QED) is 0.592. The van der Waals surface area contributed by atoms with Crippen molar-refractivity contribution in [1.82, 2.24) is 0 Å². The molecule has 1 aliphatic rings. The van der Waals surface area contributed by atoms with Crippen molar-refractivity contribution in [2.45, 2.75) is 13.3 Å². The van der Waals surface area contributed by atoms with E-state index in [1.54, 1.807) is 0 Å². The zero-order valence-electron chi connectivity index (χ0n) is 10.9. The summed E-state index contributed by atoms with van der Waals surface area (Å²) in [6.45, 7) is 8.11. The maximum atomic E-state index is 8.00. The van der Waals surface area contributed by atoms with Gasteiger partial charge in [-0.1, -0.05) is 29.8 Å². The third-order valence-electron chi connectivity index (χ3n) is 2.08. The van der Waals surface area contributed by atoms with Gasteiger partial charge >= 0.3 is 0 Å². The molecule has 0 spiro atoms. The third kappa shape index (κ3) is 8.89. The second-order valence-electron chi connectivity index (χ2n) is 3.08. The Labute approximate surface area is 124 Å². The predicted octanol–water partition coefficient (Wildman–Crippen LogP) is 2.58. The molecule has 0 fully saturated rings. The third-order valence-corrected chi connectivity index (χ3v) is 2.08. The van der Waals surface area contributed by atoms with Crippen molar-refractivity contribution < 1.29 is 31.5 Å². The van der Waals surface area contributed by atoms with Crippen LogP contribution in [0.5, 0.6) is 0 Å². The molecule has 0 amide bonds. The molecule has 0 saturated carbocycles. The minimum absolute atomic E-state index is 0. The van der Waals surface area contributed by atoms with E-state index in [1.807, 2.05) is 20.4 Å². The average Bonchev–Trinajstić information content (AvgIpc) is 3.00. The first-order valence-corrected chi connectivity index (χ1v) is 5.07. The molecule has 1 aliphatic carbocycles. The van der Waals surface area contributed by atoms with Gasteiger partial charge in [-0.3, -0.25) is 6.08 Å². The molecule has 0 aliphatic heterocycles. The molecule has 0 aromatic heterocycles. The van der Waals surface area contributed by atoms with E-state index in [4.69, 9.17) is 14.4 Å². The molecule has 0 unspecified atom stereocenters. The summed E-state index contributed by atoms with van der Waals surface area (Å²) < 4.78 is 0. The van der Waals surface area contributed by atoms with E-state index in [2.05, 4.69) is 49.4 Å². The van der Waals surface area contributed by atoms with Crippen LogP contribution in [0.15, 0.2) is 36.4 Å². The molecule has 0 bridgehead atoms. The van der Waals surface area contributed by atoms with Crippen LogP contribution in [0, 0.1) is 13.0 Å². The smallest absolute Gasteiger partial charge is 0.106 e. The summed E-state index contributed by atoms with van der Waals surface area (Å²) in [6, 6.07) is 8.60. The Kier molecular flexibility index (Phi) is 19.1. The molecule has 19 heavy (non-hydrogen) atoms. The van der Waals surface area contributed by atoms with Crippen LogP contribution in [0.1, 0.15) is 17.5 Å². The normalized spacial score (nSPS) is 10.1. The molecule has 3 nitrogen and oxygen atoms in total. The van der Waals surface area contributed by atoms with E-state index >= 15 is 0 Å². The molecule has 1 aromatic rings. The number of hydrogen-bond acceptors (Lipinski definition) is 3. The summed E-state index contributed by atoms with van der Waals surface area (Å²) in [4.78, 5) is 24.0. The predicted molar refractivity (Wildman–Crippen MR) is 72.9 cm³/mol. The molecular weight excluding hydrogens is 284 g/mol. The van der Waals surface area contributed by atoms with Gasteiger partial charge in [-0.2, -0.15) is 11.6 Å². The number of carbonyl (C=O) groups is 3. The van der Waals surface area contributed by atoms with Crippen molar-refractivity contribution in [1.29, 1.82) is 0 Å². The van der Waals surface area contributed by atoms with Gasteiger partial charge in [-0.05, 0) is 6.92 Å². The van der Waals surface area contributed by atoms with Crippen molar-refractivity contribution in [3.63, 3.8) is 0 Å². The monoisotopic (exact) mass is 301 g/mol. The molecule has 2 rings (SSSR count). The van der Waals surface area contributed by atoms with E-state index in [1.165, 1.54) is 16.7 Å². The van der Waals surface area contributed by atoms with Crippen LogP contribution in [0.3, 0.4) is 0 Å². The minimum atomic E-state index is 0. The first-order valence-electron chi connectivity index (χ1n) is 5.07. The fraction of sp³-hybridized carbons (Fsp3) is 0.133. The number of hydrogen-bond donors (Lipinski definition) is 0. The summed E-state index contributed by atoms with van der Waals surface area (Å²) in [6.07, 6.45) is 8.39. The van der Waals surface area contributed by atoms with Crippen LogP contribution in [0.2, 0.25) is 0 Å². The minimum Gasteiger partial charge on any atom is -0.307 e. The van der Waals surface area contributed by atoms with Crippen LogP contribution in [-0.2, 0) is 31.5 Å². The van der Waals surface area contributed by atoms with Crippen molar-refractivity contribution >= 4 is 25.9 Å². The van der Waals surface area contributed by atoms with Crippen LogP contribution >= 0.6 is 0 Å². The number of benzene rings is 1. The molecule has 0 saturated heterocycles. The summed E-state index contributed by atoms with van der Waals surface area (Å²) in [5.41, 5.74) is 3.91. The largest absolute Gasteiger partial charge is 0.307 e. The Morgan fingerprint density at radius 2 is 1.42 bits per heavy atom. The van der Waals surface area contributed by atoms with E-state index in [-0.39, 0.29) is 17.1 Å². The molecule has 0 radical (unpaired) electrons. The summed E-state index contributed by atoms with van der Waals surface area (Å²) in [7, 11) is 0. The SMILES string of the molecule is C=O.C=O.C=O.Cc1ccc(C2=CC[C-]=C2)cc1.[Fe]. The Morgan fingerprint density at radius 3 is 1.79 bits per heavy atom. The summed E-state index contributed by atoms with van der Waals surface area (Å²) in [5.74, 6) is 0. The molecule has 0 heterocycles. The standard InChI is InChI=1S/C12H11.3CH2O.Fe/c1-10-6-8-12(9-7-10)11-4-2-3-5-11;3*1-2;/h4-9H,2H2,1H3;3*1H2;/q-1;;;;. The van der Waals surface area contributed by atoms with Gasteiger partial charge in [-0.25, -0.2) is 6.08 Å². The summed E-state index contributed by atoms with van der Waals surface area (Å²) >= 11 is 0. The van der Waals surface area contributed by atoms with Crippen LogP contribution in [0.4, 0.5) is 0 Å². The van der Waals surface area contributed by atoms with Crippen LogP contribution < -0.4 is 0 Å². The Hall–Kier alpha value is -1.77. The van der Waals surface area contributed by atoms with Gasteiger partial charge in [-0.15, -0.1) is 12.0 Å². The Morgan fingerprint density at radius 1 is 0.947 bits per heavy atom. The molecular formula is C15H17FeO3-. The number of carbonyl (C=O) groups excluding carboxylic acids is 3. The maximum absolute atomic E-state index is 8.00. The first kappa shape index (κ1) is 22.4. The van der Waals surface area contributed by atoms with Gasteiger partial charge in [0.25, 0.3) is 0 Å². The molecule has 4 heteroatoms. The van der Waals surface area contributed by atoms with Crippen molar-refractivity contribution in [2.24, 2.45) is 0 Å². The topological polar surface area (TPSA) is 51.2 Å². The van der Waals surface area contributed by atoms with Gasteiger partial charge in [0.05, 0.1) is 0 Å². The van der Waals surface area contributed by atoms with E-state index in [9.17, 15) is 0 Å². The second-order valence-corrected chi connectivity index (χ2v) is 3.08. The van der Waals surface area contributed by atoms with Crippen molar-refractivity contribution in [3.8, 4) is 0 Å². The van der Waals surface area contributed by atoms with Crippen LogP contribution in [0.25, 0.3) is 5.57 Å². The molecule has 0 atom stereocenters. The molecule has 0 N–H and O–H groups in total. The first-order chi connectivity index (χ1) is 8.86. The fourth-order valence-corrected chi connectivity index (χ4v) is 1.34. The Balaban J connectivity index is -0.000000325. The summed E-state index contributed by atoms with van der Waals surface area (Å²) in [5, 5.41) is 0. The van der Waals surface area contributed by atoms with Crippen molar-refractivity contribution in [3.05, 3.63) is 53.6 Å². The Bertz CT molecular complexity index is 378. The van der Waals surface area contributed by atoms with Gasteiger partial charge in [0.1, 0.15) is 20.4 Å². The van der Waals surface area contributed by atoms with Gasteiger partial charge < -0.3 is 14.4 Å². The maximum Gasteiger partial charge on any atom is 0.106 e. The number of aryl methyl sites for hydroxylation is 1. The van der Waals surface area contributed by atoms with Crippen molar-refractivity contribution in [2.75, 3.05) is 0 Å². The number of rotatable bonds is 1. The second kappa shape index (κ2) is 16.2. The number of allylic oxidation sites excluding steroid dienone is 4. The van der Waals surface area contributed by atoms with Crippen LogP contribution in [-0.4, -0.2) is 20.4 Å². The van der Waals surface area contributed by atoms with E-state index < -0.39 is 0 Å². The van der Waals surface area contributed by atoms with Gasteiger partial charge in [0.2, 0.25) is 0 Å². The average molecular weight is 301 g/mol. The van der Waals surface area contributed by atoms with Gasteiger partial charge in [0.15, 0.2) is 0 Å². The zero-order valence-corrected chi connectivity index (χ0v) is 12.0. The molecule has 104 valence electrons. The molecule has 1 aromatic carbocycles. The van der Waals surface area contributed by atoms with E-state index in [0.29, 0.717) is 0 Å². The van der Waals surface area contributed by atoms with E-state index in [0.717, 1.165) is 6.42 Å². The fourth-order valence-electron chi connectivity index (χ4n) is 1.34. The van der Waals surface area contributed by atoms with Gasteiger partial charge in [0, 0.05) is 17.1 Å².